The quantitative estimate of drug-likeness (QED) is 0.417. The monoisotopic (exact) mass is 430 g/mol. The second kappa shape index (κ2) is 11.1. The number of aromatic nitrogens is 1. The second-order valence-electron chi connectivity index (χ2n) is 8.71. The first-order valence-electron chi connectivity index (χ1n) is 11.9. The van der Waals surface area contributed by atoms with Gasteiger partial charge in [-0.15, -0.1) is 0 Å². The highest BCUT2D eigenvalue weighted by Crippen LogP contribution is 2.33. The number of nitrogens with zero attached hydrogens (tertiary/aromatic N) is 1. The average Bonchev–Trinajstić information content (AvgIpc) is 2.83. The molecule has 1 aliphatic rings. The van der Waals surface area contributed by atoms with Crippen LogP contribution >= 0.6 is 0 Å². The Balaban J connectivity index is 1.20. The average molecular weight is 431 g/mol. The van der Waals surface area contributed by atoms with Gasteiger partial charge in [-0.1, -0.05) is 48.5 Å². The van der Waals surface area contributed by atoms with E-state index in [1.165, 1.54) is 35.2 Å². The van der Waals surface area contributed by atoms with Gasteiger partial charge in [0.1, 0.15) is 0 Å². The molecule has 1 aromatic heterocycles. The van der Waals surface area contributed by atoms with Gasteiger partial charge in [-0.3, -0.25) is 9.78 Å². The minimum Gasteiger partial charge on any atom is -0.384 e. The van der Waals surface area contributed by atoms with E-state index in [0.29, 0.717) is 13.0 Å². The van der Waals surface area contributed by atoms with E-state index in [0.717, 1.165) is 49.7 Å². The molecule has 0 unspecified atom stereocenters. The first-order valence-corrected chi connectivity index (χ1v) is 11.9. The zero-order valence-corrected chi connectivity index (χ0v) is 18.8. The normalized spacial score (nSPS) is 14.0. The molecule has 0 saturated heterocycles. The third-order valence-corrected chi connectivity index (χ3v) is 6.26. The minimum absolute atomic E-state index is 0.0677. The molecule has 4 rings (SSSR count). The van der Waals surface area contributed by atoms with Crippen LogP contribution < -0.4 is 16.4 Å². The Bertz CT molecular complexity index is 1030. The molecule has 168 valence electrons. The molecule has 0 bridgehead atoms. The Labute approximate surface area is 190 Å². The zero-order valence-electron chi connectivity index (χ0n) is 18.8. The van der Waals surface area contributed by atoms with Crippen LogP contribution in [0.4, 0.5) is 5.69 Å². The molecule has 1 aliphatic carbocycles. The third kappa shape index (κ3) is 5.65. The summed E-state index contributed by atoms with van der Waals surface area (Å²) in [6.45, 7) is 1.61. The largest absolute Gasteiger partial charge is 0.384 e. The van der Waals surface area contributed by atoms with Crippen LogP contribution in [-0.2, 0) is 24.1 Å². The van der Waals surface area contributed by atoms with Gasteiger partial charge in [0.05, 0.1) is 11.6 Å². The predicted molar refractivity (Wildman–Crippen MR) is 132 cm³/mol. The summed E-state index contributed by atoms with van der Waals surface area (Å²) in [6, 6.07) is 17.9. The van der Waals surface area contributed by atoms with Crippen molar-refractivity contribution in [3.8, 4) is 0 Å². The van der Waals surface area contributed by atoms with Crippen molar-refractivity contribution >= 4 is 22.5 Å². The van der Waals surface area contributed by atoms with Gasteiger partial charge in [-0.25, -0.2) is 0 Å². The van der Waals surface area contributed by atoms with Crippen LogP contribution in [0, 0.1) is 0 Å². The molecule has 5 heteroatoms. The van der Waals surface area contributed by atoms with Gasteiger partial charge in [-0.2, -0.15) is 0 Å². The van der Waals surface area contributed by atoms with Crippen molar-refractivity contribution < 1.29 is 4.79 Å². The number of para-hydroxylation sites is 1. The maximum absolute atomic E-state index is 12.2. The van der Waals surface area contributed by atoms with Crippen molar-refractivity contribution in [3.05, 3.63) is 71.4 Å². The SMILES string of the molecule is N[C@@H](Cc1ccccc1)C(=O)NCCCCCNc1c2c(nc3ccccc13)CCCC2. The molecular formula is C27H34N4O. The Morgan fingerprint density at radius 1 is 0.938 bits per heavy atom. The number of anilines is 1. The van der Waals surface area contributed by atoms with Gasteiger partial charge in [0.2, 0.25) is 5.91 Å². The van der Waals surface area contributed by atoms with Gasteiger partial charge in [-0.05, 0) is 68.6 Å². The van der Waals surface area contributed by atoms with Gasteiger partial charge in [0.15, 0.2) is 0 Å². The summed E-state index contributed by atoms with van der Waals surface area (Å²) >= 11 is 0. The second-order valence-corrected chi connectivity index (χ2v) is 8.71. The fourth-order valence-corrected chi connectivity index (χ4v) is 4.52. The Morgan fingerprint density at radius 3 is 2.56 bits per heavy atom. The maximum atomic E-state index is 12.2. The molecule has 3 aromatic rings. The van der Waals surface area contributed by atoms with Crippen LogP contribution in [0.3, 0.4) is 0 Å². The molecule has 1 amide bonds. The Morgan fingerprint density at radius 2 is 1.69 bits per heavy atom. The number of pyridine rings is 1. The number of rotatable bonds is 10. The van der Waals surface area contributed by atoms with Crippen LogP contribution in [0.5, 0.6) is 0 Å². The van der Waals surface area contributed by atoms with Gasteiger partial charge < -0.3 is 16.4 Å². The van der Waals surface area contributed by atoms with Crippen molar-refractivity contribution in [2.45, 2.75) is 57.4 Å². The highest BCUT2D eigenvalue weighted by atomic mass is 16.2. The molecule has 1 atom stereocenters. The summed E-state index contributed by atoms with van der Waals surface area (Å²) in [5.41, 5.74) is 12.2. The molecular weight excluding hydrogens is 396 g/mol. The number of carbonyl (C=O) groups excluding carboxylic acids is 1. The van der Waals surface area contributed by atoms with E-state index < -0.39 is 6.04 Å². The van der Waals surface area contributed by atoms with Crippen molar-refractivity contribution in [3.63, 3.8) is 0 Å². The molecule has 0 radical (unpaired) electrons. The van der Waals surface area contributed by atoms with Crippen LogP contribution in [0.15, 0.2) is 54.6 Å². The lowest BCUT2D eigenvalue weighted by Crippen LogP contribution is -2.42. The van der Waals surface area contributed by atoms with Crippen LogP contribution in [0.1, 0.15) is 48.9 Å². The van der Waals surface area contributed by atoms with Crippen molar-refractivity contribution in [1.29, 1.82) is 0 Å². The molecule has 0 fully saturated rings. The molecule has 0 saturated carbocycles. The molecule has 0 aliphatic heterocycles. The third-order valence-electron chi connectivity index (χ3n) is 6.26. The highest BCUT2D eigenvalue weighted by molar-refractivity contribution is 5.93. The molecule has 5 nitrogen and oxygen atoms in total. The van der Waals surface area contributed by atoms with E-state index in [-0.39, 0.29) is 5.91 Å². The lowest BCUT2D eigenvalue weighted by molar-refractivity contribution is -0.122. The zero-order chi connectivity index (χ0) is 22.2. The topological polar surface area (TPSA) is 80.0 Å². The van der Waals surface area contributed by atoms with E-state index >= 15 is 0 Å². The lowest BCUT2D eigenvalue weighted by Gasteiger charge is -2.21. The molecule has 4 N–H and O–H groups in total. The van der Waals surface area contributed by atoms with Crippen LogP contribution in [-0.4, -0.2) is 30.0 Å². The number of aryl methyl sites for hydroxylation is 1. The van der Waals surface area contributed by atoms with Gasteiger partial charge in [0, 0.05) is 29.9 Å². The number of hydrogen-bond donors (Lipinski definition) is 3. The molecule has 2 aromatic carbocycles. The summed E-state index contributed by atoms with van der Waals surface area (Å²) in [4.78, 5) is 17.1. The Kier molecular flexibility index (Phi) is 7.73. The summed E-state index contributed by atoms with van der Waals surface area (Å²) in [5, 5.41) is 7.93. The van der Waals surface area contributed by atoms with E-state index in [9.17, 15) is 4.79 Å². The maximum Gasteiger partial charge on any atom is 0.237 e. The number of carbonyl (C=O) groups is 1. The first kappa shape index (κ1) is 22.3. The van der Waals surface area contributed by atoms with Gasteiger partial charge >= 0.3 is 0 Å². The van der Waals surface area contributed by atoms with E-state index in [1.807, 2.05) is 30.3 Å². The van der Waals surface area contributed by atoms with Crippen molar-refractivity contribution in [2.75, 3.05) is 18.4 Å². The van der Waals surface area contributed by atoms with E-state index in [4.69, 9.17) is 10.7 Å². The summed E-state index contributed by atoms with van der Waals surface area (Å²) in [5.74, 6) is -0.0677. The van der Waals surface area contributed by atoms with E-state index in [1.54, 1.807) is 0 Å². The standard InChI is InChI=1S/C27H34N4O/c28-23(19-20-11-3-1-4-12-20)27(32)30-18-10-2-9-17-29-26-21-13-5-7-15-24(21)31-25-16-8-6-14-22(25)26/h1,3-5,7,11-13,15,23H,2,6,8-10,14,16-19,28H2,(H,29,31)(H,30,32)/t23-/m0/s1. The van der Waals surface area contributed by atoms with Crippen LogP contribution in [0.2, 0.25) is 0 Å². The first-order chi connectivity index (χ1) is 15.7. The predicted octanol–water partition coefficient (Wildman–Crippen LogP) is 4.38. The van der Waals surface area contributed by atoms with E-state index in [2.05, 4.69) is 34.9 Å². The fraction of sp³-hybridized carbons (Fsp3) is 0.407. The molecule has 0 spiro atoms. The van der Waals surface area contributed by atoms with Crippen LogP contribution in [0.25, 0.3) is 10.9 Å². The molecule has 32 heavy (non-hydrogen) atoms. The summed E-state index contributed by atoms with van der Waals surface area (Å²) < 4.78 is 0. The number of unbranched alkanes of at least 4 members (excludes halogenated alkanes) is 2. The highest BCUT2D eigenvalue weighted by Gasteiger charge is 2.17. The fourth-order valence-electron chi connectivity index (χ4n) is 4.52. The lowest BCUT2D eigenvalue weighted by atomic mass is 9.92. The molecule has 1 heterocycles. The van der Waals surface area contributed by atoms with Gasteiger partial charge in [0.25, 0.3) is 0 Å². The number of benzene rings is 2. The Hall–Kier alpha value is -2.92. The number of fused-ring (bicyclic) bond motifs is 2. The summed E-state index contributed by atoms with van der Waals surface area (Å²) in [7, 11) is 0. The van der Waals surface area contributed by atoms with Crippen molar-refractivity contribution in [1.82, 2.24) is 10.3 Å². The number of hydrogen-bond acceptors (Lipinski definition) is 4. The summed E-state index contributed by atoms with van der Waals surface area (Å²) in [6.07, 6.45) is 8.34. The minimum atomic E-state index is -0.495. The number of amides is 1. The van der Waals surface area contributed by atoms with Crippen molar-refractivity contribution in [2.24, 2.45) is 5.73 Å². The smallest absolute Gasteiger partial charge is 0.237 e. The number of nitrogens with two attached hydrogens (primary N) is 1. The number of nitrogens with one attached hydrogen (secondary N) is 2.